The van der Waals surface area contributed by atoms with E-state index in [9.17, 15) is 9.59 Å². The van der Waals surface area contributed by atoms with Crippen molar-refractivity contribution >= 4 is 34.8 Å². The Morgan fingerprint density at radius 3 is 2.30 bits per heavy atom. The predicted molar refractivity (Wildman–Crippen MR) is 147 cm³/mol. The van der Waals surface area contributed by atoms with Gasteiger partial charge in [-0.15, -0.1) is 0 Å². The molecule has 1 aromatic heterocycles. The predicted octanol–water partition coefficient (Wildman–Crippen LogP) is 6.38. The van der Waals surface area contributed by atoms with Crippen LogP contribution in [-0.2, 0) is 6.42 Å². The molecule has 0 atom stereocenters. The van der Waals surface area contributed by atoms with E-state index in [1.807, 2.05) is 65.6 Å². The van der Waals surface area contributed by atoms with E-state index < -0.39 is 0 Å². The fourth-order valence-electron chi connectivity index (χ4n) is 4.44. The molecule has 2 amide bonds. The lowest BCUT2D eigenvalue weighted by Crippen LogP contribution is -2.48. The molecule has 3 aromatic carbocycles. The number of hydrogen-bond donors (Lipinski definition) is 1. The van der Waals surface area contributed by atoms with Crippen molar-refractivity contribution in [3.63, 3.8) is 0 Å². The Hall–Kier alpha value is -4.03. The van der Waals surface area contributed by atoms with Gasteiger partial charge < -0.3 is 19.5 Å². The van der Waals surface area contributed by atoms with Gasteiger partial charge in [0, 0.05) is 53.7 Å². The second kappa shape index (κ2) is 10.9. The number of piperazine rings is 1. The Bertz CT molecular complexity index is 1390. The summed E-state index contributed by atoms with van der Waals surface area (Å²) in [7, 11) is 0. The molecule has 0 aliphatic carbocycles. The van der Waals surface area contributed by atoms with Crippen molar-refractivity contribution in [1.82, 2.24) is 4.90 Å². The summed E-state index contributed by atoms with van der Waals surface area (Å²) in [6, 6.07) is 26.3. The second-order valence-corrected chi connectivity index (χ2v) is 9.44. The van der Waals surface area contributed by atoms with Gasteiger partial charge >= 0.3 is 0 Å². The third-order valence-corrected chi connectivity index (χ3v) is 6.84. The molecule has 7 heteroatoms. The lowest BCUT2D eigenvalue weighted by atomic mass is 10.1. The molecule has 5 rings (SSSR count). The van der Waals surface area contributed by atoms with E-state index in [-0.39, 0.29) is 17.6 Å². The number of benzene rings is 3. The monoisotopic (exact) mass is 513 g/mol. The standard InChI is InChI=1S/C30H28ClN3O3/c1-2-21-6-8-22(9-7-21)30(36)34-18-16-33(17-19-34)26-12-10-25(11-13-26)32-29(35)28-15-14-27(37-28)23-4-3-5-24(31)20-23/h3-15,20H,2,16-19H2,1H3,(H,32,35). The molecule has 1 saturated heterocycles. The molecule has 6 nitrogen and oxygen atoms in total. The smallest absolute Gasteiger partial charge is 0.291 e. The lowest BCUT2D eigenvalue weighted by molar-refractivity contribution is 0.0746. The quantitative estimate of drug-likeness (QED) is 0.325. The van der Waals surface area contributed by atoms with Crippen LogP contribution in [0.3, 0.4) is 0 Å². The van der Waals surface area contributed by atoms with Crippen LogP contribution >= 0.6 is 11.6 Å². The minimum atomic E-state index is -0.319. The van der Waals surface area contributed by atoms with Gasteiger partial charge in [-0.1, -0.05) is 42.8 Å². The summed E-state index contributed by atoms with van der Waals surface area (Å²) in [5, 5.41) is 3.49. The number of furan rings is 1. The van der Waals surface area contributed by atoms with E-state index in [0.717, 1.165) is 36.3 Å². The number of halogens is 1. The number of aryl methyl sites for hydroxylation is 1. The van der Waals surface area contributed by atoms with E-state index in [2.05, 4.69) is 17.1 Å². The summed E-state index contributed by atoms with van der Waals surface area (Å²) >= 11 is 6.05. The highest BCUT2D eigenvalue weighted by atomic mass is 35.5. The van der Waals surface area contributed by atoms with Crippen LogP contribution in [0.4, 0.5) is 11.4 Å². The first-order valence-corrected chi connectivity index (χ1v) is 12.8. The summed E-state index contributed by atoms with van der Waals surface area (Å²) in [4.78, 5) is 29.7. The number of hydrogen-bond acceptors (Lipinski definition) is 4. The summed E-state index contributed by atoms with van der Waals surface area (Å²) in [6.45, 7) is 4.95. The van der Waals surface area contributed by atoms with E-state index in [4.69, 9.17) is 16.0 Å². The molecule has 0 bridgehead atoms. The molecule has 1 aliphatic rings. The molecular formula is C30H28ClN3O3. The number of nitrogens with zero attached hydrogens (tertiary/aromatic N) is 2. The normalized spacial score (nSPS) is 13.5. The van der Waals surface area contributed by atoms with Gasteiger partial charge in [-0.25, -0.2) is 0 Å². The molecule has 1 aliphatic heterocycles. The maximum atomic E-state index is 12.9. The van der Waals surface area contributed by atoms with Crippen LogP contribution in [0.25, 0.3) is 11.3 Å². The molecule has 2 heterocycles. The van der Waals surface area contributed by atoms with Gasteiger partial charge in [0.25, 0.3) is 11.8 Å². The van der Waals surface area contributed by atoms with Crippen molar-refractivity contribution in [2.24, 2.45) is 0 Å². The minimum absolute atomic E-state index is 0.0804. The SMILES string of the molecule is CCc1ccc(C(=O)N2CCN(c3ccc(NC(=O)c4ccc(-c5cccc(Cl)c5)o4)cc3)CC2)cc1. The van der Waals surface area contributed by atoms with Crippen LogP contribution in [0.15, 0.2) is 89.3 Å². The number of rotatable bonds is 6. The summed E-state index contributed by atoms with van der Waals surface area (Å²) in [6.07, 6.45) is 0.962. The van der Waals surface area contributed by atoms with Crippen LogP contribution in [0.2, 0.25) is 5.02 Å². The first-order valence-electron chi connectivity index (χ1n) is 12.4. The maximum Gasteiger partial charge on any atom is 0.291 e. The fourth-order valence-corrected chi connectivity index (χ4v) is 4.63. The molecule has 1 fully saturated rings. The lowest BCUT2D eigenvalue weighted by Gasteiger charge is -2.36. The molecule has 0 radical (unpaired) electrons. The highest BCUT2D eigenvalue weighted by Crippen LogP contribution is 2.26. The van der Waals surface area contributed by atoms with Gasteiger partial charge in [-0.2, -0.15) is 0 Å². The topological polar surface area (TPSA) is 65.8 Å². The highest BCUT2D eigenvalue weighted by molar-refractivity contribution is 6.30. The number of amides is 2. The van der Waals surface area contributed by atoms with E-state index >= 15 is 0 Å². The average molecular weight is 514 g/mol. The van der Waals surface area contributed by atoms with Gasteiger partial charge in [0.05, 0.1) is 0 Å². The van der Waals surface area contributed by atoms with Crippen molar-refractivity contribution < 1.29 is 14.0 Å². The molecule has 188 valence electrons. The zero-order valence-corrected chi connectivity index (χ0v) is 21.4. The van der Waals surface area contributed by atoms with Crippen LogP contribution in [0, 0.1) is 0 Å². The zero-order valence-electron chi connectivity index (χ0n) is 20.6. The Balaban J connectivity index is 1.16. The Labute approximate surface area is 221 Å². The van der Waals surface area contributed by atoms with Gasteiger partial charge in [0.2, 0.25) is 0 Å². The Kier molecular flexibility index (Phi) is 7.28. The Morgan fingerprint density at radius 2 is 1.62 bits per heavy atom. The van der Waals surface area contributed by atoms with Crippen molar-refractivity contribution in [1.29, 1.82) is 0 Å². The third-order valence-electron chi connectivity index (χ3n) is 6.61. The van der Waals surface area contributed by atoms with Gasteiger partial charge in [0.1, 0.15) is 5.76 Å². The number of carbonyl (C=O) groups is 2. The summed E-state index contributed by atoms with van der Waals surface area (Å²) < 4.78 is 5.74. The first kappa shape index (κ1) is 24.7. The van der Waals surface area contributed by atoms with Gasteiger partial charge in [0.15, 0.2) is 5.76 Å². The van der Waals surface area contributed by atoms with Crippen LogP contribution < -0.4 is 10.2 Å². The van der Waals surface area contributed by atoms with Crippen LogP contribution in [-0.4, -0.2) is 42.9 Å². The number of nitrogens with one attached hydrogen (secondary N) is 1. The fraction of sp³-hybridized carbons (Fsp3) is 0.200. The van der Waals surface area contributed by atoms with E-state index in [0.29, 0.717) is 29.6 Å². The van der Waals surface area contributed by atoms with Crippen LogP contribution in [0.5, 0.6) is 0 Å². The van der Waals surface area contributed by atoms with Gasteiger partial charge in [-0.3, -0.25) is 9.59 Å². The second-order valence-electron chi connectivity index (χ2n) is 9.00. The highest BCUT2D eigenvalue weighted by Gasteiger charge is 2.22. The molecule has 0 saturated carbocycles. The van der Waals surface area contributed by atoms with Crippen molar-refractivity contribution in [2.75, 3.05) is 36.4 Å². The molecular weight excluding hydrogens is 486 g/mol. The summed E-state index contributed by atoms with van der Waals surface area (Å²) in [5.41, 5.74) is 4.51. The molecule has 4 aromatic rings. The number of carbonyl (C=O) groups excluding carboxylic acids is 2. The average Bonchev–Trinajstić information content (AvgIpc) is 3.44. The molecule has 0 spiro atoms. The summed E-state index contributed by atoms with van der Waals surface area (Å²) in [5.74, 6) is 0.569. The van der Waals surface area contributed by atoms with Crippen molar-refractivity contribution in [3.8, 4) is 11.3 Å². The number of anilines is 2. The van der Waals surface area contributed by atoms with Crippen LogP contribution in [0.1, 0.15) is 33.4 Å². The van der Waals surface area contributed by atoms with Gasteiger partial charge in [-0.05, 0) is 72.6 Å². The maximum absolute atomic E-state index is 12.9. The Morgan fingerprint density at radius 1 is 0.892 bits per heavy atom. The first-order chi connectivity index (χ1) is 18.0. The zero-order chi connectivity index (χ0) is 25.8. The largest absolute Gasteiger partial charge is 0.451 e. The molecule has 1 N–H and O–H groups in total. The molecule has 37 heavy (non-hydrogen) atoms. The van der Waals surface area contributed by atoms with Crippen molar-refractivity contribution in [3.05, 3.63) is 107 Å². The minimum Gasteiger partial charge on any atom is -0.451 e. The third kappa shape index (κ3) is 5.70. The van der Waals surface area contributed by atoms with E-state index in [1.54, 1.807) is 24.3 Å². The molecule has 0 unspecified atom stereocenters. The van der Waals surface area contributed by atoms with E-state index in [1.165, 1.54) is 5.56 Å². The van der Waals surface area contributed by atoms with Crippen molar-refractivity contribution in [2.45, 2.75) is 13.3 Å².